The monoisotopic (exact) mass is 263 g/mol. The average molecular weight is 263 g/mol. The molecule has 1 saturated heterocycles. The molecule has 0 radical (unpaired) electrons. The highest BCUT2D eigenvalue weighted by molar-refractivity contribution is 5.37. The summed E-state index contributed by atoms with van der Waals surface area (Å²) in [6.45, 7) is 3.05. The second kappa shape index (κ2) is 6.92. The molecular formula is C16H25NO2. The van der Waals surface area contributed by atoms with Crippen LogP contribution in [0.25, 0.3) is 0 Å². The maximum absolute atomic E-state index is 5.73. The van der Waals surface area contributed by atoms with Gasteiger partial charge in [0.1, 0.15) is 5.75 Å². The number of benzene rings is 1. The van der Waals surface area contributed by atoms with E-state index in [1.807, 2.05) is 7.05 Å². The third-order valence-corrected chi connectivity index (χ3v) is 3.88. The Bertz CT molecular complexity index is 400. The number of aryl methyl sites for hydroxylation is 1. The molecule has 0 amide bonds. The van der Waals surface area contributed by atoms with E-state index in [1.165, 1.54) is 24.0 Å². The van der Waals surface area contributed by atoms with Crippen LogP contribution in [0.2, 0.25) is 0 Å². The van der Waals surface area contributed by atoms with Crippen LogP contribution in [0.5, 0.6) is 5.75 Å². The van der Waals surface area contributed by atoms with Crippen LogP contribution >= 0.6 is 0 Å². The fraction of sp³-hybridized carbons (Fsp3) is 0.625. The SMILES string of the molecule is CNC(Cc1cc(C)ccc1OC)CC1CCCO1. The lowest BCUT2D eigenvalue weighted by atomic mass is 9.98. The molecule has 1 N–H and O–H groups in total. The van der Waals surface area contributed by atoms with E-state index in [2.05, 4.69) is 30.4 Å². The van der Waals surface area contributed by atoms with Crippen molar-refractivity contribution in [1.29, 1.82) is 0 Å². The van der Waals surface area contributed by atoms with Gasteiger partial charge in [0.05, 0.1) is 13.2 Å². The fourth-order valence-electron chi connectivity index (χ4n) is 2.78. The first kappa shape index (κ1) is 14.4. The summed E-state index contributed by atoms with van der Waals surface area (Å²) in [6, 6.07) is 6.82. The van der Waals surface area contributed by atoms with Gasteiger partial charge in [0.25, 0.3) is 0 Å². The van der Waals surface area contributed by atoms with E-state index in [0.717, 1.165) is 25.2 Å². The van der Waals surface area contributed by atoms with E-state index < -0.39 is 0 Å². The van der Waals surface area contributed by atoms with E-state index in [1.54, 1.807) is 7.11 Å². The predicted octanol–water partition coefficient (Wildman–Crippen LogP) is 2.70. The van der Waals surface area contributed by atoms with Gasteiger partial charge in [-0.3, -0.25) is 0 Å². The van der Waals surface area contributed by atoms with E-state index in [4.69, 9.17) is 9.47 Å². The van der Waals surface area contributed by atoms with Crippen molar-refractivity contribution in [3.63, 3.8) is 0 Å². The number of hydrogen-bond donors (Lipinski definition) is 1. The van der Waals surface area contributed by atoms with Gasteiger partial charge in [0.2, 0.25) is 0 Å². The minimum absolute atomic E-state index is 0.424. The highest BCUT2D eigenvalue weighted by Crippen LogP contribution is 2.24. The zero-order chi connectivity index (χ0) is 13.7. The maximum Gasteiger partial charge on any atom is 0.122 e. The molecule has 0 saturated carbocycles. The summed E-state index contributed by atoms with van der Waals surface area (Å²) in [4.78, 5) is 0. The van der Waals surface area contributed by atoms with Crippen LogP contribution in [0.4, 0.5) is 0 Å². The van der Waals surface area contributed by atoms with E-state index >= 15 is 0 Å². The van der Waals surface area contributed by atoms with Gasteiger partial charge in [-0.05, 0) is 51.3 Å². The first-order chi connectivity index (χ1) is 9.22. The molecule has 2 unspecified atom stereocenters. The number of likely N-dealkylation sites (N-methyl/N-ethyl adjacent to an activating group) is 1. The molecule has 2 atom stereocenters. The van der Waals surface area contributed by atoms with Crippen molar-refractivity contribution in [2.24, 2.45) is 0 Å². The first-order valence-electron chi connectivity index (χ1n) is 7.15. The van der Waals surface area contributed by atoms with Crippen molar-refractivity contribution in [1.82, 2.24) is 5.32 Å². The Morgan fingerprint density at radius 3 is 2.95 bits per heavy atom. The molecule has 2 rings (SSSR count). The third-order valence-electron chi connectivity index (χ3n) is 3.88. The third kappa shape index (κ3) is 3.95. The molecule has 1 aromatic carbocycles. The summed E-state index contributed by atoms with van der Waals surface area (Å²) >= 11 is 0. The summed E-state index contributed by atoms with van der Waals surface area (Å²) in [5.41, 5.74) is 2.56. The molecule has 0 bridgehead atoms. The van der Waals surface area contributed by atoms with Crippen LogP contribution in [0.15, 0.2) is 18.2 Å². The summed E-state index contributed by atoms with van der Waals surface area (Å²) in [5, 5.41) is 3.41. The molecule has 106 valence electrons. The van der Waals surface area contributed by atoms with Crippen LogP contribution in [0, 0.1) is 6.92 Å². The Morgan fingerprint density at radius 1 is 1.47 bits per heavy atom. The minimum atomic E-state index is 0.424. The normalized spacial score (nSPS) is 20.5. The highest BCUT2D eigenvalue weighted by Gasteiger charge is 2.21. The molecule has 1 fully saturated rings. The quantitative estimate of drug-likeness (QED) is 0.856. The van der Waals surface area contributed by atoms with Gasteiger partial charge in [-0.25, -0.2) is 0 Å². The lowest BCUT2D eigenvalue weighted by Gasteiger charge is -2.21. The molecule has 3 heteroatoms. The van der Waals surface area contributed by atoms with Gasteiger partial charge in [-0.1, -0.05) is 17.7 Å². The Kier molecular flexibility index (Phi) is 5.23. The maximum atomic E-state index is 5.73. The van der Waals surface area contributed by atoms with Crippen LogP contribution in [0.3, 0.4) is 0 Å². The van der Waals surface area contributed by atoms with Crippen LogP contribution < -0.4 is 10.1 Å². The van der Waals surface area contributed by atoms with Crippen molar-refractivity contribution >= 4 is 0 Å². The van der Waals surface area contributed by atoms with E-state index in [0.29, 0.717) is 12.1 Å². The molecule has 19 heavy (non-hydrogen) atoms. The first-order valence-corrected chi connectivity index (χ1v) is 7.15. The Hall–Kier alpha value is -1.06. The second-order valence-electron chi connectivity index (χ2n) is 5.38. The van der Waals surface area contributed by atoms with Crippen LogP contribution in [-0.4, -0.2) is 32.9 Å². The Morgan fingerprint density at radius 2 is 2.32 bits per heavy atom. The smallest absolute Gasteiger partial charge is 0.122 e. The van der Waals surface area contributed by atoms with Gasteiger partial charge in [0, 0.05) is 12.6 Å². The number of hydrogen-bond acceptors (Lipinski definition) is 3. The van der Waals surface area contributed by atoms with Crippen LogP contribution in [-0.2, 0) is 11.2 Å². The van der Waals surface area contributed by atoms with Gasteiger partial charge in [-0.2, -0.15) is 0 Å². The van der Waals surface area contributed by atoms with E-state index in [9.17, 15) is 0 Å². The van der Waals surface area contributed by atoms with Crippen molar-refractivity contribution < 1.29 is 9.47 Å². The van der Waals surface area contributed by atoms with Gasteiger partial charge in [0.15, 0.2) is 0 Å². The van der Waals surface area contributed by atoms with E-state index in [-0.39, 0.29) is 0 Å². The number of methoxy groups -OCH3 is 1. The molecule has 1 aromatic rings. The highest BCUT2D eigenvalue weighted by atomic mass is 16.5. The molecule has 0 spiro atoms. The lowest BCUT2D eigenvalue weighted by molar-refractivity contribution is 0.0953. The average Bonchev–Trinajstić information content (AvgIpc) is 2.91. The Balaban J connectivity index is 2.02. The predicted molar refractivity (Wildman–Crippen MR) is 77.9 cm³/mol. The van der Waals surface area contributed by atoms with Gasteiger partial charge in [-0.15, -0.1) is 0 Å². The van der Waals surface area contributed by atoms with Gasteiger partial charge < -0.3 is 14.8 Å². The fourth-order valence-corrected chi connectivity index (χ4v) is 2.78. The van der Waals surface area contributed by atoms with Crippen molar-refractivity contribution in [2.45, 2.75) is 44.8 Å². The molecular weight excluding hydrogens is 238 g/mol. The zero-order valence-corrected chi connectivity index (χ0v) is 12.2. The summed E-state index contributed by atoms with van der Waals surface area (Å²) in [6.07, 6.45) is 4.89. The molecule has 1 aliphatic rings. The molecule has 0 aromatic heterocycles. The van der Waals surface area contributed by atoms with Crippen LogP contribution in [0.1, 0.15) is 30.4 Å². The zero-order valence-electron chi connectivity index (χ0n) is 12.2. The Labute approximate surface area is 116 Å². The second-order valence-corrected chi connectivity index (χ2v) is 5.38. The largest absolute Gasteiger partial charge is 0.496 e. The summed E-state index contributed by atoms with van der Waals surface area (Å²) in [7, 11) is 3.77. The number of nitrogens with one attached hydrogen (secondary N) is 1. The number of rotatable bonds is 6. The minimum Gasteiger partial charge on any atom is -0.496 e. The summed E-state index contributed by atoms with van der Waals surface area (Å²) in [5.74, 6) is 0.984. The number of ether oxygens (including phenoxy) is 2. The molecule has 3 nitrogen and oxygen atoms in total. The molecule has 1 aliphatic heterocycles. The molecule has 0 aliphatic carbocycles. The molecule has 1 heterocycles. The van der Waals surface area contributed by atoms with Crippen molar-refractivity contribution in [3.05, 3.63) is 29.3 Å². The lowest BCUT2D eigenvalue weighted by Crippen LogP contribution is -2.31. The van der Waals surface area contributed by atoms with Crippen molar-refractivity contribution in [2.75, 3.05) is 20.8 Å². The standard InChI is InChI=1S/C16H25NO2/c1-12-6-7-16(18-3)13(9-12)10-14(17-2)11-15-5-4-8-19-15/h6-7,9,14-15,17H,4-5,8,10-11H2,1-3H3. The topological polar surface area (TPSA) is 30.5 Å². The van der Waals surface area contributed by atoms with Gasteiger partial charge >= 0.3 is 0 Å². The van der Waals surface area contributed by atoms with Crippen molar-refractivity contribution in [3.8, 4) is 5.75 Å². The summed E-state index contributed by atoms with van der Waals surface area (Å²) < 4.78 is 11.2.